The fraction of sp³-hybridized carbons (Fsp3) is 0.322. The molecule has 0 radical (unpaired) electrons. The molecule has 0 N–H and O–H groups in total. The Labute approximate surface area is 381 Å². The summed E-state index contributed by atoms with van der Waals surface area (Å²) < 4.78 is 13.8. The molecule has 4 heterocycles. The molecule has 2 aliphatic heterocycles. The summed E-state index contributed by atoms with van der Waals surface area (Å²) in [6.07, 6.45) is 0. The third-order valence-corrected chi connectivity index (χ3v) is 14.1. The lowest BCUT2D eigenvalue weighted by molar-refractivity contribution is 0.588. The fourth-order valence-electron chi connectivity index (χ4n) is 10.6. The predicted molar refractivity (Wildman–Crippen MR) is 275 cm³/mol. The lowest BCUT2D eigenvalue weighted by atomic mass is 9.33. The summed E-state index contributed by atoms with van der Waals surface area (Å²) in [4.78, 5) is 5.11. The summed E-state index contributed by atoms with van der Waals surface area (Å²) in [7, 11) is 0. The lowest BCUT2D eigenvalue weighted by Gasteiger charge is -2.44. The molecule has 6 aromatic carbocycles. The van der Waals surface area contributed by atoms with Gasteiger partial charge in [-0.2, -0.15) is 0 Å². The zero-order valence-corrected chi connectivity index (χ0v) is 40.7. The van der Waals surface area contributed by atoms with Crippen LogP contribution < -0.4 is 26.2 Å². The highest BCUT2D eigenvalue weighted by Crippen LogP contribution is 2.50. The standard InChI is InChI=1S/C59H63BN2O2/c1-33(2)39-28-47-53-48(29-39)62(55-36(5)26-43(27-37(55)6)59(13,14)15)56-52(44-31-41(57(7,8)9)21-23-50(44)64-56)60(53)45-32-42(58(10,11)12)20-22-46(45)61(47)54-34(3)24-40(25-35(54)4)51-30-38-18-16-17-19-49(38)63-51/h16-33H,1-15H3. The third-order valence-electron chi connectivity index (χ3n) is 14.1. The maximum Gasteiger partial charge on any atom is 0.257 e. The van der Waals surface area contributed by atoms with Gasteiger partial charge in [0.15, 0.2) is 0 Å². The average molecular weight is 843 g/mol. The summed E-state index contributed by atoms with van der Waals surface area (Å²) in [6, 6.07) is 39.1. The first kappa shape index (κ1) is 42.0. The summed E-state index contributed by atoms with van der Waals surface area (Å²) >= 11 is 0. The van der Waals surface area contributed by atoms with Crippen LogP contribution in [-0.4, -0.2) is 6.71 Å². The van der Waals surface area contributed by atoms with Crippen LogP contribution in [0.2, 0.25) is 0 Å². The minimum atomic E-state index is -0.0765. The SMILES string of the molecule is Cc1cc(-c2cc3ccccc3o2)cc(C)c1N1c2ccc(C(C)(C)C)cc2B2c3c1cc(C(C)C)cc3N(c1c(C)cc(C(C)(C)C)cc1C)c1oc3ccc(C(C)(C)C)cc3c12. The molecule has 64 heavy (non-hydrogen) atoms. The van der Waals surface area contributed by atoms with E-state index in [-0.39, 0.29) is 28.9 Å². The first-order chi connectivity index (χ1) is 30.1. The summed E-state index contributed by atoms with van der Waals surface area (Å²) in [5.74, 6) is 2.09. The zero-order valence-electron chi connectivity index (χ0n) is 40.7. The first-order valence-corrected chi connectivity index (χ1v) is 23.3. The van der Waals surface area contributed by atoms with Gasteiger partial charge < -0.3 is 13.7 Å². The molecule has 0 saturated carbocycles. The van der Waals surface area contributed by atoms with Crippen molar-refractivity contribution in [2.45, 2.75) is 126 Å². The number of benzene rings is 6. The van der Waals surface area contributed by atoms with Crippen molar-refractivity contribution < 1.29 is 8.83 Å². The van der Waals surface area contributed by atoms with Gasteiger partial charge in [0.05, 0.1) is 11.4 Å². The van der Waals surface area contributed by atoms with E-state index < -0.39 is 0 Å². The Morgan fingerprint density at radius 2 is 1.06 bits per heavy atom. The van der Waals surface area contributed by atoms with Crippen molar-refractivity contribution in [2.24, 2.45) is 0 Å². The van der Waals surface area contributed by atoms with E-state index in [1.807, 2.05) is 6.07 Å². The van der Waals surface area contributed by atoms with Crippen molar-refractivity contribution >= 4 is 79.4 Å². The minimum Gasteiger partial charge on any atom is -0.456 e. The molecule has 324 valence electrons. The molecule has 5 heteroatoms. The van der Waals surface area contributed by atoms with Crippen LogP contribution in [0.1, 0.15) is 127 Å². The Morgan fingerprint density at radius 3 is 1.67 bits per heavy atom. The topological polar surface area (TPSA) is 32.8 Å². The molecule has 0 spiro atoms. The van der Waals surface area contributed by atoms with Crippen molar-refractivity contribution in [3.05, 3.63) is 148 Å². The van der Waals surface area contributed by atoms with Crippen LogP contribution >= 0.6 is 0 Å². The number of fused-ring (bicyclic) bond motifs is 7. The van der Waals surface area contributed by atoms with E-state index in [0.717, 1.165) is 33.8 Å². The van der Waals surface area contributed by atoms with E-state index in [4.69, 9.17) is 8.83 Å². The normalized spacial score (nSPS) is 13.9. The maximum atomic E-state index is 7.33. The van der Waals surface area contributed by atoms with Gasteiger partial charge in [0.25, 0.3) is 6.71 Å². The van der Waals surface area contributed by atoms with Gasteiger partial charge in [-0.1, -0.05) is 125 Å². The second-order valence-electron chi connectivity index (χ2n) is 22.4. The molecular formula is C59H63BN2O2. The molecule has 0 fully saturated rings. The molecule has 0 amide bonds. The van der Waals surface area contributed by atoms with Gasteiger partial charge in [0, 0.05) is 38.9 Å². The molecule has 4 nitrogen and oxygen atoms in total. The molecule has 0 atom stereocenters. The number of rotatable bonds is 4. The number of aryl methyl sites for hydroxylation is 4. The van der Waals surface area contributed by atoms with Crippen molar-refractivity contribution in [1.29, 1.82) is 0 Å². The van der Waals surface area contributed by atoms with E-state index in [2.05, 4.69) is 211 Å². The molecule has 0 aliphatic carbocycles. The fourth-order valence-corrected chi connectivity index (χ4v) is 10.6. The molecular weight excluding hydrogens is 779 g/mol. The zero-order chi connectivity index (χ0) is 45.5. The second-order valence-corrected chi connectivity index (χ2v) is 22.4. The Balaban J connectivity index is 1.33. The van der Waals surface area contributed by atoms with Crippen molar-refractivity contribution in [2.75, 3.05) is 9.80 Å². The van der Waals surface area contributed by atoms with Crippen LogP contribution in [-0.2, 0) is 16.2 Å². The summed E-state index contributed by atoms with van der Waals surface area (Å²) in [6.45, 7) is 34.5. The number of anilines is 6. The average Bonchev–Trinajstić information content (AvgIpc) is 3.82. The molecule has 8 aromatic rings. The molecule has 0 saturated heterocycles. The van der Waals surface area contributed by atoms with Gasteiger partial charge in [-0.15, -0.1) is 0 Å². The van der Waals surface area contributed by atoms with E-state index in [0.29, 0.717) is 0 Å². The highest BCUT2D eigenvalue weighted by atomic mass is 16.4. The molecule has 0 bridgehead atoms. The van der Waals surface area contributed by atoms with Gasteiger partial charge in [-0.3, -0.25) is 4.90 Å². The molecule has 10 rings (SSSR count). The maximum absolute atomic E-state index is 7.33. The van der Waals surface area contributed by atoms with Crippen LogP contribution in [0.15, 0.2) is 112 Å². The quantitative estimate of drug-likeness (QED) is 0.165. The van der Waals surface area contributed by atoms with Crippen LogP contribution in [0.4, 0.5) is 34.3 Å². The number of para-hydroxylation sites is 1. The Kier molecular flexibility index (Phi) is 9.38. The number of furan rings is 2. The van der Waals surface area contributed by atoms with Gasteiger partial charge in [0.1, 0.15) is 16.9 Å². The van der Waals surface area contributed by atoms with Crippen LogP contribution in [0.5, 0.6) is 0 Å². The first-order valence-electron chi connectivity index (χ1n) is 23.3. The lowest BCUT2D eigenvalue weighted by Crippen LogP contribution is -2.61. The van der Waals surface area contributed by atoms with Crippen molar-refractivity contribution in [3.8, 4) is 11.3 Å². The Hall–Kier alpha value is -5.94. The van der Waals surface area contributed by atoms with Crippen LogP contribution in [0.25, 0.3) is 33.3 Å². The largest absolute Gasteiger partial charge is 0.456 e. The van der Waals surface area contributed by atoms with E-state index >= 15 is 0 Å². The van der Waals surface area contributed by atoms with Crippen LogP contribution in [0.3, 0.4) is 0 Å². The minimum absolute atomic E-state index is 0.0102. The van der Waals surface area contributed by atoms with Crippen molar-refractivity contribution in [1.82, 2.24) is 0 Å². The van der Waals surface area contributed by atoms with Crippen LogP contribution in [0, 0.1) is 27.7 Å². The van der Waals surface area contributed by atoms with Gasteiger partial charge in [0.2, 0.25) is 5.88 Å². The Bertz CT molecular complexity index is 3130. The van der Waals surface area contributed by atoms with Gasteiger partial charge >= 0.3 is 0 Å². The highest BCUT2D eigenvalue weighted by Gasteiger charge is 2.48. The molecule has 2 aromatic heterocycles. The highest BCUT2D eigenvalue weighted by molar-refractivity contribution is 7.01. The smallest absolute Gasteiger partial charge is 0.257 e. The number of hydrogen-bond donors (Lipinski definition) is 0. The second kappa shape index (κ2) is 14.3. The Morgan fingerprint density at radius 1 is 0.500 bits per heavy atom. The van der Waals surface area contributed by atoms with Gasteiger partial charge in [-0.25, -0.2) is 0 Å². The third kappa shape index (κ3) is 6.55. The summed E-state index contributed by atoms with van der Waals surface area (Å²) in [5, 5.41) is 2.30. The van der Waals surface area contributed by atoms with E-state index in [9.17, 15) is 0 Å². The molecule has 2 aliphatic rings. The van der Waals surface area contributed by atoms with E-state index in [1.54, 1.807) is 0 Å². The predicted octanol–water partition coefficient (Wildman–Crippen LogP) is 15.2. The van der Waals surface area contributed by atoms with Crippen molar-refractivity contribution in [3.63, 3.8) is 0 Å². The molecule has 0 unspecified atom stereocenters. The van der Waals surface area contributed by atoms with E-state index in [1.165, 1.54) is 94.7 Å². The number of nitrogens with zero attached hydrogens (tertiary/aromatic N) is 2. The monoisotopic (exact) mass is 842 g/mol. The summed E-state index contributed by atoms with van der Waals surface area (Å²) in [5.41, 5.74) is 22.8. The van der Waals surface area contributed by atoms with Gasteiger partial charge in [-0.05, 0) is 160 Å². The number of hydrogen-bond acceptors (Lipinski definition) is 4.